The highest BCUT2D eigenvalue weighted by Crippen LogP contribution is 2.39. The van der Waals surface area contributed by atoms with Gasteiger partial charge in [-0.05, 0) is 36.8 Å². The second-order valence-corrected chi connectivity index (χ2v) is 6.23. The summed E-state index contributed by atoms with van der Waals surface area (Å²) in [5.41, 5.74) is 8.82. The fourth-order valence-electron chi connectivity index (χ4n) is 2.49. The van der Waals surface area contributed by atoms with Crippen molar-refractivity contribution in [2.24, 2.45) is 0 Å². The summed E-state index contributed by atoms with van der Waals surface area (Å²) in [7, 11) is 0. The first-order valence-electron chi connectivity index (χ1n) is 6.82. The van der Waals surface area contributed by atoms with E-state index in [1.165, 1.54) is 35.6 Å². The molecule has 0 aliphatic carbocycles. The molecule has 0 unspecified atom stereocenters. The van der Waals surface area contributed by atoms with Crippen LogP contribution in [0.5, 0.6) is 0 Å². The van der Waals surface area contributed by atoms with Crippen LogP contribution in [0, 0.1) is 12.7 Å². The lowest BCUT2D eigenvalue weighted by Gasteiger charge is -2.07. The van der Waals surface area contributed by atoms with E-state index in [1.807, 2.05) is 37.3 Å². The number of rotatable bonds is 3. The SMILES string of the molecule is Cc1sc(N)c(C(=O)c2ccc(F)cc2)c1-c1ccccc1. The Balaban J connectivity index is 2.15. The third-order valence-electron chi connectivity index (χ3n) is 3.51. The summed E-state index contributed by atoms with van der Waals surface area (Å²) in [6.07, 6.45) is 0. The Labute approximate surface area is 132 Å². The zero-order valence-corrected chi connectivity index (χ0v) is 12.8. The molecule has 0 saturated heterocycles. The van der Waals surface area contributed by atoms with Crippen LogP contribution in [-0.2, 0) is 0 Å². The van der Waals surface area contributed by atoms with Crippen LogP contribution in [-0.4, -0.2) is 5.78 Å². The average Bonchev–Trinajstić information content (AvgIpc) is 2.82. The number of aryl methyl sites for hydroxylation is 1. The summed E-state index contributed by atoms with van der Waals surface area (Å²) in [5, 5.41) is 0.491. The predicted molar refractivity (Wildman–Crippen MR) is 88.7 cm³/mol. The van der Waals surface area contributed by atoms with Crippen molar-refractivity contribution in [3.8, 4) is 11.1 Å². The Morgan fingerprint density at radius 3 is 2.32 bits per heavy atom. The minimum Gasteiger partial charge on any atom is -0.390 e. The molecule has 3 aromatic rings. The molecule has 0 amide bonds. The molecule has 2 N–H and O–H groups in total. The van der Waals surface area contributed by atoms with Crippen molar-refractivity contribution in [2.45, 2.75) is 6.92 Å². The van der Waals surface area contributed by atoms with E-state index in [9.17, 15) is 9.18 Å². The lowest BCUT2D eigenvalue weighted by atomic mass is 9.95. The number of benzene rings is 2. The van der Waals surface area contributed by atoms with Gasteiger partial charge in [0.25, 0.3) is 0 Å². The number of hydrogen-bond donors (Lipinski definition) is 1. The Bertz CT molecular complexity index is 822. The number of thiophene rings is 1. The summed E-state index contributed by atoms with van der Waals surface area (Å²) < 4.78 is 13.0. The molecular formula is C18H14FNOS. The highest BCUT2D eigenvalue weighted by molar-refractivity contribution is 7.16. The quantitative estimate of drug-likeness (QED) is 0.714. The number of carbonyl (C=O) groups excluding carboxylic acids is 1. The minimum absolute atomic E-state index is 0.180. The molecule has 0 fully saturated rings. The van der Waals surface area contributed by atoms with Crippen molar-refractivity contribution >= 4 is 22.1 Å². The van der Waals surface area contributed by atoms with E-state index >= 15 is 0 Å². The van der Waals surface area contributed by atoms with E-state index in [0.717, 1.165) is 16.0 Å². The molecule has 0 bridgehead atoms. The number of ketones is 1. The second-order valence-electron chi connectivity index (χ2n) is 4.97. The van der Waals surface area contributed by atoms with Gasteiger partial charge in [-0.1, -0.05) is 30.3 Å². The molecule has 4 heteroatoms. The number of hydrogen-bond acceptors (Lipinski definition) is 3. The lowest BCUT2D eigenvalue weighted by molar-refractivity contribution is 0.104. The topological polar surface area (TPSA) is 43.1 Å². The van der Waals surface area contributed by atoms with Gasteiger partial charge in [0, 0.05) is 16.0 Å². The van der Waals surface area contributed by atoms with E-state index in [2.05, 4.69) is 0 Å². The summed E-state index contributed by atoms with van der Waals surface area (Å²) in [6, 6.07) is 15.2. The highest BCUT2D eigenvalue weighted by Gasteiger charge is 2.22. The first-order valence-corrected chi connectivity index (χ1v) is 7.64. The van der Waals surface area contributed by atoms with Gasteiger partial charge < -0.3 is 5.73 Å². The lowest BCUT2D eigenvalue weighted by Crippen LogP contribution is -2.05. The molecule has 0 saturated carbocycles. The van der Waals surface area contributed by atoms with Gasteiger partial charge in [0.1, 0.15) is 5.82 Å². The summed E-state index contributed by atoms with van der Waals surface area (Å²) >= 11 is 1.40. The van der Waals surface area contributed by atoms with Gasteiger partial charge in [-0.25, -0.2) is 4.39 Å². The van der Waals surface area contributed by atoms with E-state index in [-0.39, 0.29) is 11.6 Å². The van der Waals surface area contributed by atoms with Crippen molar-refractivity contribution in [1.82, 2.24) is 0 Å². The molecule has 3 rings (SSSR count). The summed E-state index contributed by atoms with van der Waals surface area (Å²) in [6.45, 7) is 1.95. The smallest absolute Gasteiger partial charge is 0.196 e. The van der Waals surface area contributed by atoms with Crippen LogP contribution < -0.4 is 5.73 Å². The minimum atomic E-state index is -0.366. The maximum absolute atomic E-state index is 13.0. The van der Waals surface area contributed by atoms with Crippen molar-refractivity contribution < 1.29 is 9.18 Å². The summed E-state index contributed by atoms with van der Waals surface area (Å²) in [4.78, 5) is 13.8. The van der Waals surface area contributed by atoms with Crippen LogP contribution in [0.2, 0.25) is 0 Å². The molecule has 1 aromatic heterocycles. The highest BCUT2D eigenvalue weighted by atomic mass is 32.1. The zero-order chi connectivity index (χ0) is 15.7. The van der Waals surface area contributed by atoms with Crippen LogP contribution >= 0.6 is 11.3 Å². The van der Waals surface area contributed by atoms with Crippen LogP contribution in [0.4, 0.5) is 9.39 Å². The molecule has 0 aliphatic heterocycles. The van der Waals surface area contributed by atoms with Crippen molar-refractivity contribution in [3.63, 3.8) is 0 Å². The van der Waals surface area contributed by atoms with Crippen molar-refractivity contribution in [2.75, 3.05) is 5.73 Å². The van der Waals surface area contributed by atoms with Crippen LogP contribution in [0.25, 0.3) is 11.1 Å². The van der Waals surface area contributed by atoms with E-state index in [1.54, 1.807) is 0 Å². The molecule has 0 aliphatic rings. The van der Waals surface area contributed by atoms with Crippen LogP contribution in [0.15, 0.2) is 54.6 Å². The maximum atomic E-state index is 13.0. The third kappa shape index (κ3) is 2.53. The van der Waals surface area contributed by atoms with E-state index < -0.39 is 0 Å². The third-order valence-corrected chi connectivity index (χ3v) is 4.44. The molecule has 2 nitrogen and oxygen atoms in total. The largest absolute Gasteiger partial charge is 0.390 e. The molecule has 22 heavy (non-hydrogen) atoms. The molecule has 0 radical (unpaired) electrons. The number of anilines is 1. The van der Waals surface area contributed by atoms with Crippen molar-refractivity contribution in [3.05, 3.63) is 76.4 Å². The number of nitrogen functional groups attached to an aromatic ring is 1. The number of halogens is 1. The van der Waals surface area contributed by atoms with Gasteiger partial charge in [0.2, 0.25) is 0 Å². The zero-order valence-electron chi connectivity index (χ0n) is 12.0. The second kappa shape index (κ2) is 5.73. The first kappa shape index (κ1) is 14.5. The van der Waals surface area contributed by atoms with Gasteiger partial charge in [-0.15, -0.1) is 11.3 Å². The fourth-order valence-corrected chi connectivity index (χ4v) is 3.44. The van der Waals surface area contributed by atoms with Gasteiger partial charge in [0.15, 0.2) is 5.78 Å². The van der Waals surface area contributed by atoms with Gasteiger partial charge in [-0.2, -0.15) is 0 Å². The number of nitrogens with two attached hydrogens (primary N) is 1. The molecule has 0 spiro atoms. The Morgan fingerprint density at radius 1 is 1.05 bits per heavy atom. The molecule has 0 atom stereocenters. The average molecular weight is 311 g/mol. The standard InChI is InChI=1S/C18H14FNOS/c1-11-15(12-5-3-2-4-6-12)16(18(20)22-11)17(21)13-7-9-14(19)10-8-13/h2-10H,20H2,1H3. The first-order chi connectivity index (χ1) is 10.6. The Morgan fingerprint density at radius 2 is 1.68 bits per heavy atom. The van der Waals surface area contributed by atoms with Gasteiger partial charge in [-0.3, -0.25) is 4.79 Å². The predicted octanol–water partition coefficient (Wildman–Crippen LogP) is 4.68. The molecule has 2 aromatic carbocycles. The molecular weight excluding hydrogens is 297 g/mol. The normalized spacial score (nSPS) is 10.6. The van der Waals surface area contributed by atoms with Gasteiger partial charge >= 0.3 is 0 Å². The van der Waals surface area contributed by atoms with E-state index in [4.69, 9.17) is 5.73 Å². The van der Waals surface area contributed by atoms with E-state index in [0.29, 0.717) is 16.1 Å². The molecule has 110 valence electrons. The number of carbonyl (C=O) groups is 1. The fraction of sp³-hybridized carbons (Fsp3) is 0.0556. The van der Waals surface area contributed by atoms with Gasteiger partial charge in [0.05, 0.1) is 10.6 Å². The molecule has 1 heterocycles. The Kier molecular flexibility index (Phi) is 3.77. The maximum Gasteiger partial charge on any atom is 0.196 e. The van der Waals surface area contributed by atoms with Crippen LogP contribution in [0.3, 0.4) is 0 Å². The summed E-state index contributed by atoms with van der Waals surface area (Å²) in [5.74, 6) is -0.546. The monoisotopic (exact) mass is 311 g/mol. The Hall–Kier alpha value is -2.46. The van der Waals surface area contributed by atoms with Crippen molar-refractivity contribution in [1.29, 1.82) is 0 Å². The van der Waals surface area contributed by atoms with Crippen LogP contribution in [0.1, 0.15) is 20.8 Å².